The third-order valence-corrected chi connectivity index (χ3v) is 4.80. The fourth-order valence-electron chi connectivity index (χ4n) is 2.88. The zero-order chi connectivity index (χ0) is 14.0. The van der Waals surface area contributed by atoms with Crippen molar-refractivity contribution in [2.75, 3.05) is 6.54 Å². The number of aryl methyl sites for hydroxylation is 1. The average molecular weight is 284 g/mol. The van der Waals surface area contributed by atoms with E-state index in [2.05, 4.69) is 0 Å². The quantitative estimate of drug-likeness (QED) is 0.835. The minimum atomic E-state index is -0.266. The molecule has 0 aliphatic heterocycles. The summed E-state index contributed by atoms with van der Waals surface area (Å²) in [5.74, 6) is -0.109. The second-order valence-corrected chi connectivity index (χ2v) is 6.60. The van der Waals surface area contributed by atoms with Gasteiger partial charge in [-0.15, -0.1) is 0 Å². The summed E-state index contributed by atoms with van der Waals surface area (Å²) < 4.78 is 13.9. The van der Waals surface area contributed by atoms with Crippen molar-refractivity contribution < 1.29 is 4.39 Å². The summed E-state index contributed by atoms with van der Waals surface area (Å²) in [6.07, 6.45) is 5.78. The first-order valence-corrected chi connectivity index (χ1v) is 7.53. The first-order chi connectivity index (χ1) is 8.97. The average Bonchev–Trinajstić information content (AvgIpc) is 2.32. The summed E-state index contributed by atoms with van der Waals surface area (Å²) in [7, 11) is 0. The number of rotatable bonds is 5. The molecule has 1 nitrogen and oxygen atoms in total. The SMILES string of the molecule is CC(C)c1cc(CCC2(CN)CCC2)cc(Cl)c1F. The van der Waals surface area contributed by atoms with Gasteiger partial charge in [0.05, 0.1) is 5.02 Å². The van der Waals surface area contributed by atoms with Crippen LogP contribution >= 0.6 is 11.6 Å². The van der Waals surface area contributed by atoms with E-state index in [0.29, 0.717) is 5.41 Å². The Bertz CT molecular complexity index is 447. The van der Waals surface area contributed by atoms with Gasteiger partial charge >= 0.3 is 0 Å². The molecule has 0 atom stereocenters. The molecule has 0 amide bonds. The molecule has 0 bridgehead atoms. The van der Waals surface area contributed by atoms with Crippen molar-refractivity contribution >= 4 is 11.6 Å². The van der Waals surface area contributed by atoms with Gasteiger partial charge in [-0.05, 0) is 60.8 Å². The van der Waals surface area contributed by atoms with E-state index >= 15 is 0 Å². The summed E-state index contributed by atoms with van der Waals surface area (Å²) >= 11 is 6.00. The van der Waals surface area contributed by atoms with E-state index in [1.807, 2.05) is 19.9 Å². The van der Waals surface area contributed by atoms with Crippen LogP contribution in [0.5, 0.6) is 0 Å². The first kappa shape index (κ1) is 14.8. The number of nitrogens with two attached hydrogens (primary N) is 1. The lowest BCUT2D eigenvalue weighted by molar-refractivity contribution is 0.131. The van der Waals surface area contributed by atoms with Gasteiger partial charge < -0.3 is 5.73 Å². The van der Waals surface area contributed by atoms with Crippen LogP contribution < -0.4 is 5.73 Å². The van der Waals surface area contributed by atoms with Crippen LogP contribution in [0.3, 0.4) is 0 Å². The number of hydrogen-bond acceptors (Lipinski definition) is 1. The topological polar surface area (TPSA) is 26.0 Å². The van der Waals surface area contributed by atoms with Gasteiger partial charge in [-0.3, -0.25) is 0 Å². The standard InChI is InChI=1S/C16H23ClFN/c1-11(2)13-8-12(9-14(17)15(13)18)4-7-16(10-19)5-3-6-16/h8-9,11H,3-7,10,19H2,1-2H3. The fraction of sp³-hybridized carbons (Fsp3) is 0.625. The highest BCUT2D eigenvalue weighted by Crippen LogP contribution is 2.43. The molecule has 19 heavy (non-hydrogen) atoms. The molecule has 1 saturated carbocycles. The van der Waals surface area contributed by atoms with E-state index in [1.54, 1.807) is 6.07 Å². The Hall–Kier alpha value is -0.600. The molecule has 106 valence electrons. The van der Waals surface area contributed by atoms with Crippen LogP contribution in [0.1, 0.15) is 56.6 Å². The van der Waals surface area contributed by atoms with E-state index in [-0.39, 0.29) is 16.8 Å². The highest BCUT2D eigenvalue weighted by Gasteiger charge is 2.34. The van der Waals surface area contributed by atoms with Crippen LogP contribution in [-0.2, 0) is 6.42 Å². The third kappa shape index (κ3) is 3.11. The molecule has 0 aromatic heterocycles. The Morgan fingerprint density at radius 2 is 2.05 bits per heavy atom. The molecule has 0 spiro atoms. The maximum Gasteiger partial charge on any atom is 0.145 e. The van der Waals surface area contributed by atoms with Crippen molar-refractivity contribution in [2.45, 2.75) is 51.9 Å². The molecule has 0 saturated heterocycles. The van der Waals surface area contributed by atoms with Crippen LogP contribution in [0.4, 0.5) is 4.39 Å². The lowest BCUT2D eigenvalue weighted by Crippen LogP contribution is -2.37. The highest BCUT2D eigenvalue weighted by molar-refractivity contribution is 6.30. The van der Waals surface area contributed by atoms with Crippen molar-refractivity contribution in [3.8, 4) is 0 Å². The van der Waals surface area contributed by atoms with Crippen molar-refractivity contribution in [1.82, 2.24) is 0 Å². The van der Waals surface area contributed by atoms with Crippen LogP contribution in [0.15, 0.2) is 12.1 Å². The van der Waals surface area contributed by atoms with Gasteiger partial charge in [-0.1, -0.05) is 37.9 Å². The Morgan fingerprint density at radius 1 is 1.37 bits per heavy atom. The molecular weight excluding hydrogens is 261 g/mol. The second kappa shape index (κ2) is 5.80. The van der Waals surface area contributed by atoms with Crippen LogP contribution in [0.25, 0.3) is 0 Å². The predicted molar refractivity (Wildman–Crippen MR) is 79.2 cm³/mol. The van der Waals surface area contributed by atoms with Crippen molar-refractivity contribution in [3.63, 3.8) is 0 Å². The molecule has 1 aliphatic rings. The Labute approximate surface area is 120 Å². The Balaban J connectivity index is 2.12. The molecule has 3 heteroatoms. The maximum absolute atomic E-state index is 13.9. The zero-order valence-electron chi connectivity index (χ0n) is 11.8. The smallest absolute Gasteiger partial charge is 0.145 e. The van der Waals surface area contributed by atoms with Crippen LogP contribution in [-0.4, -0.2) is 6.54 Å². The van der Waals surface area contributed by atoms with Gasteiger partial charge in [0.15, 0.2) is 0 Å². The van der Waals surface area contributed by atoms with Gasteiger partial charge in [0.2, 0.25) is 0 Å². The molecule has 1 aliphatic carbocycles. The monoisotopic (exact) mass is 283 g/mol. The van der Waals surface area contributed by atoms with E-state index in [1.165, 1.54) is 19.3 Å². The van der Waals surface area contributed by atoms with Gasteiger partial charge in [-0.25, -0.2) is 4.39 Å². The van der Waals surface area contributed by atoms with Crippen molar-refractivity contribution in [3.05, 3.63) is 34.1 Å². The molecule has 0 radical (unpaired) electrons. The Kier molecular flexibility index (Phi) is 4.52. The predicted octanol–water partition coefficient (Wildman–Crippen LogP) is 4.66. The maximum atomic E-state index is 13.9. The lowest BCUT2D eigenvalue weighted by Gasteiger charge is -2.41. The van der Waals surface area contributed by atoms with Gasteiger partial charge in [0, 0.05) is 0 Å². The van der Waals surface area contributed by atoms with Crippen LogP contribution in [0.2, 0.25) is 5.02 Å². The summed E-state index contributed by atoms with van der Waals surface area (Å²) in [6.45, 7) is 4.75. The number of hydrogen-bond donors (Lipinski definition) is 1. The molecule has 1 aromatic rings. The minimum absolute atomic E-state index is 0.157. The molecule has 0 heterocycles. The summed E-state index contributed by atoms with van der Waals surface area (Å²) in [6, 6.07) is 3.74. The second-order valence-electron chi connectivity index (χ2n) is 6.19. The lowest BCUT2D eigenvalue weighted by atomic mass is 9.66. The molecule has 2 rings (SSSR count). The van der Waals surface area contributed by atoms with Gasteiger partial charge in [-0.2, -0.15) is 0 Å². The molecule has 1 aromatic carbocycles. The number of halogens is 2. The summed E-state index contributed by atoms with van der Waals surface area (Å²) in [5, 5.41) is 0.247. The van der Waals surface area contributed by atoms with E-state index in [4.69, 9.17) is 17.3 Å². The Morgan fingerprint density at radius 3 is 2.53 bits per heavy atom. The van der Waals surface area contributed by atoms with Gasteiger partial charge in [0.25, 0.3) is 0 Å². The molecule has 2 N–H and O–H groups in total. The zero-order valence-corrected chi connectivity index (χ0v) is 12.6. The first-order valence-electron chi connectivity index (χ1n) is 7.15. The van der Waals surface area contributed by atoms with Crippen LogP contribution in [0, 0.1) is 11.2 Å². The summed E-state index contributed by atoms with van der Waals surface area (Å²) in [5.41, 5.74) is 8.07. The third-order valence-electron chi connectivity index (χ3n) is 4.53. The van der Waals surface area contributed by atoms with E-state index < -0.39 is 0 Å². The summed E-state index contributed by atoms with van der Waals surface area (Å²) in [4.78, 5) is 0. The minimum Gasteiger partial charge on any atom is -0.330 e. The fourth-order valence-corrected chi connectivity index (χ4v) is 3.12. The normalized spacial score (nSPS) is 17.6. The highest BCUT2D eigenvalue weighted by atomic mass is 35.5. The largest absolute Gasteiger partial charge is 0.330 e. The van der Waals surface area contributed by atoms with Crippen molar-refractivity contribution in [2.24, 2.45) is 11.1 Å². The van der Waals surface area contributed by atoms with E-state index in [0.717, 1.165) is 30.5 Å². The molecule has 0 unspecified atom stereocenters. The molecular formula is C16H23ClFN. The molecule has 1 fully saturated rings. The van der Waals surface area contributed by atoms with Gasteiger partial charge in [0.1, 0.15) is 5.82 Å². The number of benzene rings is 1. The van der Waals surface area contributed by atoms with Crippen molar-refractivity contribution in [1.29, 1.82) is 0 Å². The van der Waals surface area contributed by atoms with E-state index in [9.17, 15) is 4.39 Å².